The van der Waals surface area contributed by atoms with Crippen LogP contribution in [0.15, 0.2) is 54.7 Å². The van der Waals surface area contributed by atoms with Crippen LogP contribution in [0.25, 0.3) is 10.9 Å². The summed E-state index contributed by atoms with van der Waals surface area (Å²) >= 11 is 5.87. The van der Waals surface area contributed by atoms with Crippen molar-refractivity contribution in [2.75, 3.05) is 5.32 Å². The molecule has 3 nitrogen and oxygen atoms in total. The van der Waals surface area contributed by atoms with Gasteiger partial charge in [0.25, 0.3) is 0 Å². The molecule has 0 saturated heterocycles. The van der Waals surface area contributed by atoms with Gasteiger partial charge in [0, 0.05) is 16.9 Å². The SMILES string of the molecule is O=C(Cn1ccc2ccc(F)cc21)Nc1cccc(Cl)c1. The zero-order valence-electron chi connectivity index (χ0n) is 11.0. The molecule has 0 aliphatic rings. The highest BCUT2D eigenvalue weighted by atomic mass is 35.5. The number of benzene rings is 2. The number of fused-ring (bicyclic) bond motifs is 1. The molecular formula is C16H12ClFN2O. The molecule has 5 heteroatoms. The molecular weight excluding hydrogens is 291 g/mol. The average molecular weight is 303 g/mol. The molecule has 106 valence electrons. The summed E-state index contributed by atoms with van der Waals surface area (Å²) in [6.45, 7) is 0.111. The molecule has 1 heterocycles. The molecule has 0 aliphatic carbocycles. The average Bonchev–Trinajstić information content (AvgIpc) is 2.81. The van der Waals surface area contributed by atoms with Gasteiger partial charge in [-0.3, -0.25) is 4.79 Å². The van der Waals surface area contributed by atoms with Gasteiger partial charge in [-0.2, -0.15) is 0 Å². The van der Waals surface area contributed by atoms with Gasteiger partial charge in [-0.1, -0.05) is 17.7 Å². The maximum absolute atomic E-state index is 13.3. The molecule has 0 radical (unpaired) electrons. The van der Waals surface area contributed by atoms with Crippen LogP contribution < -0.4 is 5.32 Å². The number of hydrogen-bond acceptors (Lipinski definition) is 1. The lowest BCUT2D eigenvalue weighted by Crippen LogP contribution is -2.18. The summed E-state index contributed by atoms with van der Waals surface area (Å²) in [5.74, 6) is -0.517. The van der Waals surface area contributed by atoms with Crippen molar-refractivity contribution in [3.8, 4) is 0 Å². The smallest absolute Gasteiger partial charge is 0.244 e. The molecule has 1 amide bonds. The fourth-order valence-corrected chi connectivity index (χ4v) is 2.41. The van der Waals surface area contributed by atoms with Crippen molar-refractivity contribution in [1.82, 2.24) is 4.57 Å². The number of nitrogens with zero attached hydrogens (tertiary/aromatic N) is 1. The van der Waals surface area contributed by atoms with Crippen LogP contribution in [0.5, 0.6) is 0 Å². The normalized spacial score (nSPS) is 10.8. The van der Waals surface area contributed by atoms with E-state index >= 15 is 0 Å². The van der Waals surface area contributed by atoms with Crippen LogP contribution in [-0.2, 0) is 11.3 Å². The lowest BCUT2D eigenvalue weighted by Gasteiger charge is -2.08. The highest BCUT2D eigenvalue weighted by Crippen LogP contribution is 2.18. The molecule has 2 aromatic carbocycles. The maximum Gasteiger partial charge on any atom is 0.244 e. The molecule has 0 bridgehead atoms. The predicted octanol–water partition coefficient (Wildman–Crippen LogP) is 4.07. The number of halogens is 2. The third-order valence-corrected chi connectivity index (χ3v) is 3.39. The molecule has 0 aliphatic heterocycles. The van der Waals surface area contributed by atoms with Gasteiger partial charge in [0.05, 0.1) is 5.52 Å². The van der Waals surface area contributed by atoms with Gasteiger partial charge in [-0.15, -0.1) is 0 Å². The van der Waals surface area contributed by atoms with Crippen LogP contribution in [0.3, 0.4) is 0 Å². The summed E-state index contributed by atoms with van der Waals surface area (Å²) in [7, 11) is 0. The Bertz CT molecular complexity index is 813. The molecule has 0 spiro atoms. The zero-order valence-corrected chi connectivity index (χ0v) is 11.8. The van der Waals surface area contributed by atoms with Gasteiger partial charge < -0.3 is 9.88 Å². The fraction of sp³-hybridized carbons (Fsp3) is 0.0625. The van der Waals surface area contributed by atoms with Crippen LogP contribution in [0.2, 0.25) is 5.02 Å². The van der Waals surface area contributed by atoms with E-state index in [1.54, 1.807) is 41.1 Å². The number of nitrogens with one attached hydrogen (secondary N) is 1. The highest BCUT2D eigenvalue weighted by molar-refractivity contribution is 6.30. The minimum Gasteiger partial charge on any atom is -0.338 e. The van der Waals surface area contributed by atoms with Crippen molar-refractivity contribution in [2.45, 2.75) is 6.54 Å². The number of rotatable bonds is 3. The fourth-order valence-electron chi connectivity index (χ4n) is 2.22. The molecule has 0 saturated carbocycles. The molecule has 1 aromatic heterocycles. The van der Waals surface area contributed by atoms with E-state index in [9.17, 15) is 9.18 Å². The van der Waals surface area contributed by atoms with Gasteiger partial charge in [0.2, 0.25) is 5.91 Å². The highest BCUT2D eigenvalue weighted by Gasteiger charge is 2.07. The molecule has 0 fully saturated rings. The van der Waals surface area contributed by atoms with Crippen molar-refractivity contribution >= 4 is 34.1 Å². The van der Waals surface area contributed by atoms with Gasteiger partial charge in [0.15, 0.2) is 0 Å². The summed E-state index contributed by atoms with van der Waals surface area (Å²) in [5, 5.41) is 4.21. The van der Waals surface area contributed by atoms with E-state index < -0.39 is 0 Å². The second kappa shape index (κ2) is 5.58. The van der Waals surface area contributed by atoms with Gasteiger partial charge in [-0.05, 0) is 47.9 Å². The van der Waals surface area contributed by atoms with Crippen LogP contribution in [0, 0.1) is 5.82 Å². The Morgan fingerprint density at radius 1 is 1.19 bits per heavy atom. The van der Waals surface area contributed by atoms with Crippen molar-refractivity contribution < 1.29 is 9.18 Å². The van der Waals surface area contributed by atoms with Gasteiger partial charge in [0.1, 0.15) is 12.4 Å². The number of aromatic nitrogens is 1. The van der Waals surface area contributed by atoms with Crippen molar-refractivity contribution in [1.29, 1.82) is 0 Å². The van der Waals surface area contributed by atoms with Crippen LogP contribution in [0.4, 0.5) is 10.1 Å². The van der Waals surface area contributed by atoms with Crippen LogP contribution in [0.1, 0.15) is 0 Å². The Balaban J connectivity index is 1.79. The number of carbonyl (C=O) groups is 1. The van der Waals surface area contributed by atoms with Crippen molar-refractivity contribution in [3.05, 3.63) is 65.6 Å². The van der Waals surface area contributed by atoms with E-state index in [0.29, 0.717) is 16.2 Å². The van der Waals surface area contributed by atoms with Gasteiger partial charge >= 0.3 is 0 Å². The molecule has 3 aromatic rings. The molecule has 0 unspecified atom stereocenters. The lowest BCUT2D eigenvalue weighted by molar-refractivity contribution is -0.116. The van der Waals surface area contributed by atoms with E-state index in [1.807, 2.05) is 6.07 Å². The standard InChI is InChI=1S/C16H12ClFN2O/c17-12-2-1-3-14(8-12)19-16(21)10-20-7-6-11-4-5-13(18)9-15(11)20/h1-9H,10H2,(H,19,21). The third-order valence-electron chi connectivity index (χ3n) is 3.16. The Labute approximate surface area is 125 Å². The Morgan fingerprint density at radius 3 is 2.86 bits per heavy atom. The third kappa shape index (κ3) is 3.06. The molecule has 0 atom stereocenters. The maximum atomic E-state index is 13.3. The zero-order chi connectivity index (χ0) is 14.8. The summed E-state index contributed by atoms with van der Waals surface area (Å²) in [5.41, 5.74) is 1.33. The first-order chi connectivity index (χ1) is 10.1. The van der Waals surface area contributed by atoms with E-state index in [1.165, 1.54) is 12.1 Å². The van der Waals surface area contributed by atoms with E-state index in [4.69, 9.17) is 11.6 Å². The minimum absolute atomic E-state index is 0.111. The van der Waals surface area contributed by atoms with E-state index in [0.717, 1.165) is 5.39 Å². The largest absolute Gasteiger partial charge is 0.338 e. The second-order valence-electron chi connectivity index (χ2n) is 4.71. The first-order valence-corrected chi connectivity index (χ1v) is 6.79. The molecule has 1 N–H and O–H groups in total. The van der Waals surface area contributed by atoms with Crippen molar-refractivity contribution in [2.24, 2.45) is 0 Å². The first kappa shape index (κ1) is 13.6. The quantitative estimate of drug-likeness (QED) is 0.777. The van der Waals surface area contributed by atoms with Crippen LogP contribution in [-0.4, -0.2) is 10.5 Å². The summed E-state index contributed by atoms with van der Waals surface area (Å²) < 4.78 is 15.0. The Morgan fingerprint density at radius 2 is 2.05 bits per heavy atom. The predicted molar refractivity (Wildman–Crippen MR) is 82.0 cm³/mol. The lowest BCUT2D eigenvalue weighted by atomic mass is 10.2. The molecule has 21 heavy (non-hydrogen) atoms. The molecule has 3 rings (SSSR count). The topological polar surface area (TPSA) is 34.0 Å². The number of hydrogen-bond donors (Lipinski definition) is 1. The van der Waals surface area contributed by atoms with Gasteiger partial charge in [-0.25, -0.2) is 4.39 Å². The Hall–Kier alpha value is -2.33. The number of anilines is 1. The van der Waals surface area contributed by atoms with Crippen LogP contribution >= 0.6 is 11.6 Å². The van der Waals surface area contributed by atoms with Crippen molar-refractivity contribution in [3.63, 3.8) is 0 Å². The number of carbonyl (C=O) groups excluding carboxylic acids is 1. The minimum atomic E-state index is -0.322. The summed E-state index contributed by atoms with van der Waals surface area (Å²) in [6.07, 6.45) is 1.77. The Kier molecular flexibility index (Phi) is 3.62. The second-order valence-corrected chi connectivity index (χ2v) is 5.14. The first-order valence-electron chi connectivity index (χ1n) is 6.42. The monoisotopic (exact) mass is 302 g/mol. The summed E-state index contributed by atoms with van der Waals surface area (Å²) in [6, 6.07) is 13.3. The number of amides is 1. The van der Waals surface area contributed by atoms with E-state index in [-0.39, 0.29) is 18.3 Å². The van der Waals surface area contributed by atoms with E-state index in [2.05, 4.69) is 5.32 Å². The summed E-state index contributed by atoms with van der Waals surface area (Å²) in [4.78, 5) is 12.1.